The maximum Gasteiger partial charge on any atom is 0.262 e. The number of methoxy groups -OCH3 is 1. The smallest absolute Gasteiger partial charge is 0.262 e. The Kier molecular flexibility index (Phi) is 9.54. The molecule has 0 radical (unpaired) electrons. The molecular formula is C26H27N3O4S. The number of amides is 2. The van der Waals surface area contributed by atoms with Gasteiger partial charge in [0.2, 0.25) is 0 Å². The number of hydrogen-bond acceptors (Lipinski definition) is 6. The normalized spacial score (nSPS) is 11.6. The van der Waals surface area contributed by atoms with Gasteiger partial charge in [0.25, 0.3) is 11.8 Å². The molecule has 8 heteroatoms. The van der Waals surface area contributed by atoms with Crippen LogP contribution in [0, 0.1) is 0 Å². The van der Waals surface area contributed by atoms with E-state index in [0.717, 1.165) is 11.3 Å². The molecule has 0 bridgehead atoms. The van der Waals surface area contributed by atoms with Gasteiger partial charge in [0.1, 0.15) is 11.5 Å². The number of carbonyl (C=O) groups is 2. The van der Waals surface area contributed by atoms with Crippen LogP contribution in [0.2, 0.25) is 0 Å². The Balaban J connectivity index is 1.40. The van der Waals surface area contributed by atoms with Gasteiger partial charge in [0.05, 0.1) is 24.3 Å². The zero-order valence-corrected chi connectivity index (χ0v) is 19.9. The molecule has 0 spiro atoms. The molecule has 3 aromatic rings. The topological polar surface area (TPSA) is 89.0 Å². The maximum absolute atomic E-state index is 12.2. The molecule has 0 saturated heterocycles. The Morgan fingerprint density at radius 2 is 1.71 bits per heavy atom. The molecule has 7 nitrogen and oxygen atoms in total. The fourth-order valence-corrected chi connectivity index (χ4v) is 3.70. The molecule has 176 valence electrons. The third-order valence-corrected chi connectivity index (χ3v) is 5.95. The lowest BCUT2D eigenvalue weighted by atomic mass is 10.2. The zero-order valence-electron chi connectivity index (χ0n) is 19.1. The fourth-order valence-electron chi connectivity index (χ4n) is 2.87. The summed E-state index contributed by atoms with van der Waals surface area (Å²) >= 11 is 1.55. The van der Waals surface area contributed by atoms with E-state index in [9.17, 15) is 9.59 Å². The van der Waals surface area contributed by atoms with Crippen LogP contribution in [-0.2, 0) is 15.3 Å². The number of benzene rings is 3. The van der Waals surface area contributed by atoms with Gasteiger partial charge in [-0.05, 0) is 54.4 Å². The first-order valence-corrected chi connectivity index (χ1v) is 11.7. The molecule has 0 aliphatic carbocycles. The van der Waals surface area contributed by atoms with Crippen molar-refractivity contribution in [2.24, 2.45) is 5.10 Å². The maximum atomic E-state index is 12.2. The average molecular weight is 478 g/mol. The van der Waals surface area contributed by atoms with E-state index in [4.69, 9.17) is 9.47 Å². The van der Waals surface area contributed by atoms with Crippen molar-refractivity contribution in [3.63, 3.8) is 0 Å². The number of nitrogens with zero attached hydrogens (tertiary/aromatic N) is 1. The van der Waals surface area contributed by atoms with Gasteiger partial charge in [0, 0.05) is 5.75 Å². The number of hydrogen-bond donors (Lipinski definition) is 2. The minimum Gasteiger partial charge on any atom is -0.495 e. The Morgan fingerprint density at radius 3 is 2.44 bits per heavy atom. The number of carbonyl (C=O) groups excluding carboxylic acids is 2. The summed E-state index contributed by atoms with van der Waals surface area (Å²) in [7, 11) is 1.55. The second-order valence-corrected chi connectivity index (χ2v) is 8.61. The highest BCUT2D eigenvalue weighted by Gasteiger charge is 2.12. The predicted octanol–water partition coefficient (Wildman–Crippen LogP) is 4.48. The van der Waals surface area contributed by atoms with Crippen molar-refractivity contribution in [3.05, 3.63) is 90.0 Å². The number of nitrogens with one attached hydrogen (secondary N) is 2. The molecule has 0 saturated carbocycles. The van der Waals surface area contributed by atoms with E-state index in [1.807, 2.05) is 49.4 Å². The van der Waals surface area contributed by atoms with Crippen LogP contribution in [0.25, 0.3) is 0 Å². The van der Waals surface area contributed by atoms with Gasteiger partial charge < -0.3 is 14.8 Å². The quantitative estimate of drug-likeness (QED) is 0.314. The highest BCUT2D eigenvalue weighted by molar-refractivity contribution is 7.99. The van der Waals surface area contributed by atoms with Crippen LogP contribution in [0.3, 0.4) is 0 Å². The number of hydrazone groups is 1. The van der Waals surface area contributed by atoms with Crippen molar-refractivity contribution in [1.82, 2.24) is 5.43 Å². The average Bonchev–Trinajstić information content (AvgIpc) is 2.87. The minimum absolute atomic E-state index is 0.139. The molecule has 0 fully saturated rings. The van der Waals surface area contributed by atoms with Crippen LogP contribution < -0.4 is 20.2 Å². The van der Waals surface area contributed by atoms with E-state index in [1.54, 1.807) is 61.5 Å². The van der Waals surface area contributed by atoms with Gasteiger partial charge >= 0.3 is 0 Å². The number of anilines is 1. The van der Waals surface area contributed by atoms with Crippen molar-refractivity contribution >= 4 is 35.5 Å². The van der Waals surface area contributed by atoms with Crippen molar-refractivity contribution < 1.29 is 19.1 Å². The summed E-state index contributed by atoms with van der Waals surface area (Å²) in [6, 6.07) is 24.2. The lowest BCUT2D eigenvalue weighted by Gasteiger charge is -2.10. The van der Waals surface area contributed by atoms with E-state index in [-0.39, 0.29) is 23.7 Å². The molecular weight excluding hydrogens is 450 g/mol. The van der Waals surface area contributed by atoms with Crippen molar-refractivity contribution in [2.75, 3.05) is 19.0 Å². The van der Waals surface area contributed by atoms with Crippen LogP contribution in [0.4, 0.5) is 5.69 Å². The molecule has 34 heavy (non-hydrogen) atoms. The Bertz CT molecular complexity index is 1100. The highest BCUT2D eigenvalue weighted by Crippen LogP contribution is 2.23. The largest absolute Gasteiger partial charge is 0.495 e. The lowest BCUT2D eigenvalue weighted by molar-refractivity contribution is -0.120. The van der Waals surface area contributed by atoms with Crippen molar-refractivity contribution in [3.8, 4) is 11.5 Å². The molecule has 0 aliphatic heterocycles. The van der Waals surface area contributed by atoms with Gasteiger partial charge in [-0.25, -0.2) is 5.43 Å². The summed E-state index contributed by atoms with van der Waals surface area (Å²) in [5, 5.41) is 6.56. The fraction of sp³-hybridized carbons (Fsp3) is 0.192. The summed E-state index contributed by atoms with van der Waals surface area (Å²) in [6.45, 7) is 1.72. The first-order chi connectivity index (χ1) is 16.5. The molecule has 1 atom stereocenters. The molecule has 0 unspecified atom stereocenters. The number of rotatable bonds is 11. The number of para-hydroxylation sites is 2. The summed E-state index contributed by atoms with van der Waals surface area (Å²) in [4.78, 5) is 24.4. The first-order valence-electron chi connectivity index (χ1n) is 10.7. The van der Waals surface area contributed by atoms with E-state index < -0.39 is 0 Å². The van der Waals surface area contributed by atoms with E-state index in [1.165, 1.54) is 5.56 Å². The van der Waals surface area contributed by atoms with Gasteiger partial charge in [0.15, 0.2) is 6.61 Å². The monoisotopic (exact) mass is 477 g/mol. The number of ether oxygens (including phenoxy) is 2. The summed E-state index contributed by atoms with van der Waals surface area (Å²) in [6.07, 6.45) is 1.56. The van der Waals surface area contributed by atoms with Crippen LogP contribution in [0.5, 0.6) is 11.5 Å². The third kappa shape index (κ3) is 7.97. The van der Waals surface area contributed by atoms with Crippen LogP contribution in [-0.4, -0.2) is 37.0 Å². The molecule has 2 N–H and O–H groups in total. The Labute approximate surface area is 203 Å². The lowest BCUT2D eigenvalue weighted by Crippen LogP contribution is -2.27. The standard InChI is InChI=1S/C26H27N3O4S/c1-19(34-18-21-8-4-3-5-9-21)26(31)29-27-16-20-12-14-22(15-13-20)33-17-25(30)28-23-10-6-7-11-24(23)32-2/h3-16,19H,17-18H2,1-2H3,(H,28,30)(H,29,31)/b27-16-/t19-/m1/s1. The van der Waals surface area contributed by atoms with E-state index in [2.05, 4.69) is 15.8 Å². The summed E-state index contributed by atoms with van der Waals surface area (Å²) in [5.41, 5.74) is 5.12. The third-order valence-electron chi connectivity index (χ3n) is 4.73. The van der Waals surface area contributed by atoms with Crippen LogP contribution in [0.1, 0.15) is 18.1 Å². The van der Waals surface area contributed by atoms with Crippen molar-refractivity contribution in [2.45, 2.75) is 17.9 Å². The molecule has 0 aromatic heterocycles. The first kappa shape index (κ1) is 24.9. The molecule has 2 amide bonds. The van der Waals surface area contributed by atoms with Gasteiger partial charge in [-0.15, -0.1) is 11.8 Å². The number of thioether (sulfide) groups is 1. The van der Waals surface area contributed by atoms with Gasteiger partial charge in [-0.2, -0.15) is 5.10 Å². The highest BCUT2D eigenvalue weighted by atomic mass is 32.2. The van der Waals surface area contributed by atoms with Gasteiger partial charge in [-0.3, -0.25) is 9.59 Å². The Hall–Kier alpha value is -3.78. The van der Waals surface area contributed by atoms with E-state index >= 15 is 0 Å². The summed E-state index contributed by atoms with van der Waals surface area (Å²) in [5.74, 6) is 1.44. The Morgan fingerprint density at radius 1 is 1.00 bits per heavy atom. The predicted molar refractivity (Wildman–Crippen MR) is 136 cm³/mol. The molecule has 0 aliphatic rings. The van der Waals surface area contributed by atoms with Crippen molar-refractivity contribution in [1.29, 1.82) is 0 Å². The summed E-state index contributed by atoms with van der Waals surface area (Å²) < 4.78 is 10.8. The van der Waals surface area contributed by atoms with E-state index in [0.29, 0.717) is 17.2 Å². The molecule has 3 aromatic carbocycles. The van der Waals surface area contributed by atoms with Crippen LogP contribution >= 0.6 is 11.8 Å². The minimum atomic E-state index is -0.294. The SMILES string of the molecule is COc1ccccc1NC(=O)COc1ccc(/C=N\NC(=O)[C@@H](C)SCc2ccccc2)cc1. The second-order valence-electron chi connectivity index (χ2n) is 7.28. The van der Waals surface area contributed by atoms with Gasteiger partial charge in [-0.1, -0.05) is 42.5 Å². The second kappa shape index (κ2) is 13.1. The molecule has 3 rings (SSSR count). The van der Waals surface area contributed by atoms with Crippen LogP contribution in [0.15, 0.2) is 84.0 Å². The molecule has 0 heterocycles. The zero-order chi connectivity index (χ0) is 24.2.